The van der Waals surface area contributed by atoms with Gasteiger partial charge in [-0.1, -0.05) is 6.07 Å². The van der Waals surface area contributed by atoms with Crippen LogP contribution in [-0.4, -0.2) is 34.9 Å². The van der Waals surface area contributed by atoms with Gasteiger partial charge in [0.15, 0.2) is 6.10 Å². The monoisotopic (exact) mass is 334 g/mol. The minimum atomic E-state index is -1.54. The summed E-state index contributed by atoms with van der Waals surface area (Å²) in [6, 6.07) is 3.54. The molecular formula is C11H12BrFN2O4. The van der Waals surface area contributed by atoms with E-state index in [1.54, 1.807) is 6.07 Å². The van der Waals surface area contributed by atoms with Crippen molar-refractivity contribution in [3.8, 4) is 0 Å². The number of carboxylic acids is 1. The fraction of sp³-hybridized carbons (Fsp3) is 0.273. The Hall–Kier alpha value is -1.67. The fourth-order valence-corrected chi connectivity index (χ4v) is 1.66. The maximum absolute atomic E-state index is 13.4. The summed E-state index contributed by atoms with van der Waals surface area (Å²) in [6.07, 6.45) is -1.68. The van der Waals surface area contributed by atoms with Gasteiger partial charge in [-0.05, 0) is 28.1 Å². The number of benzene rings is 1. The van der Waals surface area contributed by atoms with E-state index in [0.29, 0.717) is 4.47 Å². The van der Waals surface area contributed by atoms with E-state index in [2.05, 4.69) is 26.6 Å². The van der Waals surface area contributed by atoms with Crippen LogP contribution in [0, 0.1) is 5.82 Å². The van der Waals surface area contributed by atoms with Crippen molar-refractivity contribution in [2.24, 2.45) is 0 Å². The number of nitrogens with one attached hydrogen (secondary N) is 2. The van der Waals surface area contributed by atoms with Crippen LogP contribution in [-0.2, 0) is 4.79 Å². The average molecular weight is 335 g/mol. The normalized spacial score (nSPS) is 11.7. The molecule has 0 heterocycles. The summed E-state index contributed by atoms with van der Waals surface area (Å²) in [5.41, 5.74) is -0.0150. The Morgan fingerprint density at radius 3 is 2.68 bits per heavy atom. The van der Waals surface area contributed by atoms with Crippen LogP contribution in [0.25, 0.3) is 0 Å². The van der Waals surface area contributed by atoms with Gasteiger partial charge in [-0.3, -0.25) is 0 Å². The van der Waals surface area contributed by atoms with E-state index in [-0.39, 0.29) is 18.7 Å². The molecule has 104 valence electrons. The lowest BCUT2D eigenvalue weighted by Gasteiger charge is -2.10. The summed E-state index contributed by atoms with van der Waals surface area (Å²) in [5.74, 6) is -1.96. The van der Waals surface area contributed by atoms with Crippen LogP contribution in [0.15, 0.2) is 22.7 Å². The second-order valence-electron chi connectivity index (χ2n) is 3.62. The molecule has 1 aromatic carbocycles. The lowest BCUT2D eigenvalue weighted by atomic mass is 10.2. The summed E-state index contributed by atoms with van der Waals surface area (Å²) in [6.45, 7) is -0.0502. The van der Waals surface area contributed by atoms with Crippen LogP contribution in [0.3, 0.4) is 0 Å². The predicted octanol–water partition coefficient (Wildman–Crippen LogP) is 1.55. The molecule has 0 aliphatic rings. The van der Waals surface area contributed by atoms with Crippen molar-refractivity contribution in [3.05, 3.63) is 28.5 Å². The average Bonchev–Trinajstić information content (AvgIpc) is 2.33. The second-order valence-corrected chi connectivity index (χ2v) is 4.47. The number of carbonyl (C=O) groups is 2. The van der Waals surface area contributed by atoms with Crippen LogP contribution in [0.5, 0.6) is 0 Å². The Morgan fingerprint density at radius 1 is 1.42 bits per heavy atom. The molecule has 0 saturated heterocycles. The highest BCUT2D eigenvalue weighted by atomic mass is 79.9. The third-order valence-electron chi connectivity index (χ3n) is 2.19. The number of amides is 2. The first-order valence-corrected chi connectivity index (χ1v) is 6.11. The van der Waals surface area contributed by atoms with E-state index in [1.165, 1.54) is 12.1 Å². The third-order valence-corrected chi connectivity index (χ3v) is 2.85. The molecule has 2 amide bonds. The number of anilines is 1. The molecule has 0 aromatic heterocycles. The maximum atomic E-state index is 13.4. The molecule has 8 heteroatoms. The Balaban J connectivity index is 2.46. The van der Waals surface area contributed by atoms with Crippen molar-refractivity contribution in [1.82, 2.24) is 5.32 Å². The van der Waals surface area contributed by atoms with Gasteiger partial charge in [0, 0.05) is 17.4 Å². The summed E-state index contributed by atoms with van der Waals surface area (Å²) in [7, 11) is 0. The Bertz CT molecular complexity index is 464. The van der Waals surface area contributed by atoms with Gasteiger partial charge in [-0.2, -0.15) is 0 Å². The zero-order valence-corrected chi connectivity index (χ0v) is 11.3. The molecule has 1 atom stereocenters. The Kier molecular flexibility index (Phi) is 5.71. The number of aliphatic carboxylic acids is 1. The van der Waals surface area contributed by atoms with E-state index >= 15 is 0 Å². The minimum absolute atomic E-state index is 0.0150. The fourth-order valence-electron chi connectivity index (χ4n) is 1.22. The van der Waals surface area contributed by atoms with Crippen LogP contribution < -0.4 is 10.6 Å². The van der Waals surface area contributed by atoms with Crippen LogP contribution in [0.1, 0.15) is 6.42 Å². The number of aliphatic hydroxyl groups excluding tert-OH is 1. The highest BCUT2D eigenvalue weighted by Gasteiger charge is 2.14. The van der Waals surface area contributed by atoms with Crippen LogP contribution in [0.2, 0.25) is 0 Å². The number of urea groups is 1. The first-order chi connectivity index (χ1) is 8.91. The van der Waals surface area contributed by atoms with E-state index in [0.717, 1.165) is 0 Å². The summed E-state index contributed by atoms with van der Waals surface area (Å²) in [5, 5.41) is 22.0. The van der Waals surface area contributed by atoms with E-state index in [4.69, 9.17) is 10.2 Å². The van der Waals surface area contributed by atoms with Crippen molar-refractivity contribution in [2.45, 2.75) is 12.5 Å². The van der Waals surface area contributed by atoms with E-state index < -0.39 is 23.9 Å². The number of aliphatic hydroxyl groups is 1. The first-order valence-electron chi connectivity index (χ1n) is 5.31. The molecule has 0 unspecified atom stereocenters. The van der Waals surface area contributed by atoms with Gasteiger partial charge in [-0.25, -0.2) is 14.0 Å². The van der Waals surface area contributed by atoms with Crippen molar-refractivity contribution >= 4 is 33.6 Å². The number of para-hydroxylation sites is 1. The molecule has 0 aliphatic heterocycles. The lowest BCUT2D eigenvalue weighted by Crippen LogP contribution is -2.33. The SMILES string of the molecule is O=C(NCC[C@H](O)C(=O)O)Nc1c(F)cccc1Br. The standard InChI is InChI=1S/C11H12BrFN2O4/c12-6-2-1-3-7(13)9(6)15-11(19)14-5-4-8(16)10(17)18/h1-3,8,16H,4-5H2,(H,17,18)(H2,14,15,19)/t8-/m0/s1. The van der Waals surface area contributed by atoms with Gasteiger partial charge < -0.3 is 20.8 Å². The molecule has 0 fully saturated rings. The zero-order chi connectivity index (χ0) is 14.4. The molecule has 19 heavy (non-hydrogen) atoms. The third kappa shape index (κ3) is 4.84. The number of halogens is 2. The smallest absolute Gasteiger partial charge is 0.332 e. The molecule has 0 bridgehead atoms. The summed E-state index contributed by atoms with van der Waals surface area (Å²) >= 11 is 3.09. The quantitative estimate of drug-likeness (QED) is 0.656. The maximum Gasteiger partial charge on any atom is 0.332 e. The van der Waals surface area contributed by atoms with Gasteiger partial charge in [0.05, 0.1) is 5.69 Å². The Labute approximate surface area is 116 Å². The molecule has 0 aliphatic carbocycles. The zero-order valence-electron chi connectivity index (χ0n) is 9.69. The molecule has 0 saturated carbocycles. The van der Waals surface area contributed by atoms with Crippen molar-refractivity contribution < 1.29 is 24.2 Å². The number of hydrogen-bond donors (Lipinski definition) is 4. The van der Waals surface area contributed by atoms with E-state index in [9.17, 15) is 14.0 Å². The van der Waals surface area contributed by atoms with Gasteiger partial charge in [-0.15, -0.1) is 0 Å². The number of carbonyl (C=O) groups excluding carboxylic acids is 1. The minimum Gasteiger partial charge on any atom is -0.479 e. The summed E-state index contributed by atoms with van der Waals surface area (Å²) in [4.78, 5) is 21.8. The van der Waals surface area contributed by atoms with Gasteiger partial charge in [0.25, 0.3) is 0 Å². The van der Waals surface area contributed by atoms with E-state index in [1.807, 2.05) is 0 Å². The molecule has 0 spiro atoms. The van der Waals surface area contributed by atoms with Gasteiger partial charge in [0.1, 0.15) is 5.82 Å². The number of rotatable bonds is 5. The molecule has 1 rings (SSSR count). The van der Waals surface area contributed by atoms with Crippen molar-refractivity contribution in [1.29, 1.82) is 0 Å². The summed E-state index contributed by atoms with van der Waals surface area (Å²) < 4.78 is 13.8. The molecule has 1 aromatic rings. The van der Waals surface area contributed by atoms with Crippen molar-refractivity contribution in [2.75, 3.05) is 11.9 Å². The molecular weight excluding hydrogens is 323 g/mol. The van der Waals surface area contributed by atoms with Crippen molar-refractivity contribution in [3.63, 3.8) is 0 Å². The molecule has 4 N–H and O–H groups in total. The lowest BCUT2D eigenvalue weighted by molar-refractivity contribution is -0.146. The topological polar surface area (TPSA) is 98.7 Å². The first kappa shape index (κ1) is 15.4. The van der Waals surface area contributed by atoms with Gasteiger partial charge >= 0.3 is 12.0 Å². The Morgan fingerprint density at radius 2 is 2.11 bits per heavy atom. The van der Waals surface area contributed by atoms with Crippen LogP contribution >= 0.6 is 15.9 Å². The number of carboxylic acid groups (broad SMARTS) is 1. The van der Waals surface area contributed by atoms with Gasteiger partial charge in [0.2, 0.25) is 0 Å². The molecule has 6 nitrogen and oxygen atoms in total. The highest BCUT2D eigenvalue weighted by Crippen LogP contribution is 2.24. The highest BCUT2D eigenvalue weighted by molar-refractivity contribution is 9.10. The predicted molar refractivity (Wildman–Crippen MR) is 69.4 cm³/mol. The largest absolute Gasteiger partial charge is 0.479 e. The molecule has 0 radical (unpaired) electrons. The number of hydrogen-bond acceptors (Lipinski definition) is 3. The van der Waals surface area contributed by atoms with Crippen LogP contribution in [0.4, 0.5) is 14.9 Å². The second kappa shape index (κ2) is 7.05.